The van der Waals surface area contributed by atoms with Gasteiger partial charge in [-0.1, -0.05) is 35.3 Å². The van der Waals surface area contributed by atoms with Crippen molar-refractivity contribution in [1.82, 2.24) is 5.43 Å². The standard InChI is InChI=1S/C12H18Cl2N2O/c1-3-17-8(2)11(16-15)7-9-5-4-6-10(13)12(9)14/h4-6,8,11,16H,3,7,15H2,1-2H3. The Morgan fingerprint density at radius 1 is 1.41 bits per heavy atom. The highest BCUT2D eigenvalue weighted by Crippen LogP contribution is 2.26. The second kappa shape index (κ2) is 7.19. The molecule has 0 aliphatic rings. The van der Waals surface area contributed by atoms with E-state index in [0.29, 0.717) is 23.1 Å². The number of rotatable bonds is 6. The summed E-state index contributed by atoms with van der Waals surface area (Å²) in [6, 6.07) is 5.59. The molecule has 3 N–H and O–H groups in total. The Balaban J connectivity index is 2.77. The average molecular weight is 277 g/mol. The van der Waals surface area contributed by atoms with Crippen LogP contribution in [-0.2, 0) is 11.2 Å². The van der Waals surface area contributed by atoms with E-state index < -0.39 is 0 Å². The van der Waals surface area contributed by atoms with Crippen LogP contribution in [-0.4, -0.2) is 18.8 Å². The summed E-state index contributed by atoms with van der Waals surface area (Å²) in [5.74, 6) is 5.53. The third-order valence-electron chi connectivity index (χ3n) is 2.68. The molecule has 2 unspecified atom stereocenters. The van der Waals surface area contributed by atoms with Gasteiger partial charge in [-0.05, 0) is 31.9 Å². The lowest BCUT2D eigenvalue weighted by Gasteiger charge is -2.23. The summed E-state index contributed by atoms with van der Waals surface area (Å²) in [6.45, 7) is 4.59. The lowest BCUT2D eigenvalue weighted by Crippen LogP contribution is -2.45. The van der Waals surface area contributed by atoms with Crippen LogP contribution < -0.4 is 11.3 Å². The molecule has 0 fully saturated rings. The fourth-order valence-corrected chi connectivity index (χ4v) is 2.08. The van der Waals surface area contributed by atoms with Crippen molar-refractivity contribution in [2.45, 2.75) is 32.4 Å². The Morgan fingerprint density at radius 3 is 2.71 bits per heavy atom. The minimum Gasteiger partial charge on any atom is -0.377 e. The minimum absolute atomic E-state index is 0.00548. The number of hydrazine groups is 1. The van der Waals surface area contributed by atoms with Crippen LogP contribution in [0.1, 0.15) is 19.4 Å². The van der Waals surface area contributed by atoms with Gasteiger partial charge in [0.2, 0.25) is 0 Å². The van der Waals surface area contributed by atoms with Crippen molar-refractivity contribution in [2.75, 3.05) is 6.61 Å². The van der Waals surface area contributed by atoms with E-state index in [1.165, 1.54) is 0 Å². The Labute approximate surface area is 112 Å². The maximum absolute atomic E-state index is 6.13. The molecule has 5 heteroatoms. The Kier molecular flexibility index (Phi) is 6.23. The van der Waals surface area contributed by atoms with Crippen LogP contribution in [0.25, 0.3) is 0 Å². The molecule has 0 amide bonds. The lowest BCUT2D eigenvalue weighted by molar-refractivity contribution is 0.0476. The normalized spacial score (nSPS) is 14.6. The largest absolute Gasteiger partial charge is 0.377 e. The molecule has 1 aromatic carbocycles. The van der Waals surface area contributed by atoms with Crippen molar-refractivity contribution >= 4 is 23.2 Å². The van der Waals surface area contributed by atoms with E-state index in [1.54, 1.807) is 6.07 Å². The molecular formula is C12H18Cl2N2O. The topological polar surface area (TPSA) is 47.3 Å². The summed E-state index contributed by atoms with van der Waals surface area (Å²) in [5.41, 5.74) is 3.72. The van der Waals surface area contributed by atoms with Crippen LogP contribution in [0.2, 0.25) is 10.0 Å². The monoisotopic (exact) mass is 276 g/mol. The van der Waals surface area contributed by atoms with Crippen molar-refractivity contribution in [3.63, 3.8) is 0 Å². The van der Waals surface area contributed by atoms with Gasteiger partial charge in [0.05, 0.1) is 22.2 Å². The highest BCUT2D eigenvalue weighted by Gasteiger charge is 2.18. The molecule has 1 rings (SSSR count). The Hall–Kier alpha value is -0.320. The molecule has 0 radical (unpaired) electrons. The van der Waals surface area contributed by atoms with Gasteiger partial charge in [0.15, 0.2) is 0 Å². The molecule has 0 heterocycles. The highest BCUT2D eigenvalue weighted by molar-refractivity contribution is 6.42. The van der Waals surface area contributed by atoms with Gasteiger partial charge in [-0.3, -0.25) is 11.3 Å². The molecule has 96 valence electrons. The first-order valence-corrected chi connectivity index (χ1v) is 6.36. The average Bonchev–Trinajstić information content (AvgIpc) is 2.31. The lowest BCUT2D eigenvalue weighted by atomic mass is 10.0. The van der Waals surface area contributed by atoms with Gasteiger partial charge in [0.25, 0.3) is 0 Å². The second-order valence-corrected chi connectivity index (χ2v) is 4.64. The molecular weight excluding hydrogens is 259 g/mol. The number of halogens is 2. The molecule has 0 saturated carbocycles. The van der Waals surface area contributed by atoms with Crippen molar-refractivity contribution in [3.05, 3.63) is 33.8 Å². The fraction of sp³-hybridized carbons (Fsp3) is 0.500. The summed E-state index contributed by atoms with van der Waals surface area (Å²) < 4.78 is 5.52. The first-order chi connectivity index (χ1) is 8.10. The second-order valence-electron chi connectivity index (χ2n) is 3.85. The maximum Gasteiger partial charge on any atom is 0.0716 e. The third kappa shape index (κ3) is 4.12. The molecule has 17 heavy (non-hydrogen) atoms. The van der Waals surface area contributed by atoms with Crippen LogP contribution >= 0.6 is 23.2 Å². The van der Waals surface area contributed by atoms with Crippen molar-refractivity contribution in [3.8, 4) is 0 Å². The first-order valence-electron chi connectivity index (χ1n) is 5.60. The number of ether oxygens (including phenoxy) is 1. The molecule has 0 bridgehead atoms. The van der Waals surface area contributed by atoms with Crippen LogP contribution in [0.15, 0.2) is 18.2 Å². The number of nitrogens with two attached hydrogens (primary N) is 1. The molecule has 2 atom stereocenters. The molecule has 0 saturated heterocycles. The van der Waals surface area contributed by atoms with E-state index in [0.717, 1.165) is 5.56 Å². The first kappa shape index (κ1) is 14.7. The van der Waals surface area contributed by atoms with Gasteiger partial charge in [-0.25, -0.2) is 0 Å². The van der Waals surface area contributed by atoms with E-state index in [-0.39, 0.29) is 12.1 Å². The Bertz CT molecular complexity index is 360. The van der Waals surface area contributed by atoms with Gasteiger partial charge in [0.1, 0.15) is 0 Å². The molecule has 0 aliphatic heterocycles. The Morgan fingerprint density at radius 2 is 2.12 bits per heavy atom. The fourth-order valence-electron chi connectivity index (χ4n) is 1.68. The van der Waals surface area contributed by atoms with Crippen molar-refractivity contribution in [1.29, 1.82) is 0 Å². The van der Waals surface area contributed by atoms with E-state index in [2.05, 4.69) is 5.43 Å². The number of benzene rings is 1. The number of nitrogens with one attached hydrogen (secondary N) is 1. The quantitative estimate of drug-likeness (QED) is 0.621. The number of hydrogen-bond donors (Lipinski definition) is 2. The highest BCUT2D eigenvalue weighted by atomic mass is 35.5. The molecule has 1 aromatic rings. The van der Waals surface area contributed by atoms with Gasteiger partial charge in [-0.15, -0.1) is 0 Å². The van der Waals surface area contributed by atoms with E-state index >= 15 is 0 Å². The number of hydrogen-bond acceptors (Lipinski definition) is 3. The van der Waals surface area contributed by atoms with Crippen molar-refractivity contribution in [2.24, 2.45) is 5.84 Å². The smallest absolute Gasteiger partial charge is 0.0716 e. The van der Waals surface area contributed by atoms with Crippen molar-refractivity contribution < 1.29 is 4.74 Å². The van der Waals surface area contributed by atoms with E-state index in [4.69, 9.17) is 33.8 Å². The van der Waals surface area contributed by atoms with Gasteiger partial charge >= 0.3 is 0 Å². The summed E-state index contributed by atoms with van der Waals surface area (Å²) >= 11 is 12.1. The van der Waals surface area contributed by atoms with Gasteiger partial charge in [0, 0.05) is 6.61 Å². The van der Waals surface area contributed by atoms with E-state index in [1.807, 2.05) is 26.0 Å². The zero-order valence-corrected chi connectivity index (χ0v) is 11.6. The molecule has 0 spiro atoms. The van der Waals surface area contributed by atoms with Crippen LogP contribution in [0.4, 0.5) is 0 Å². The van der Waals surface area contributed by atoms with Crippen LogP contribution in [0.5, 0.6) is 0 Å². The summed E-state index contributed by atoms with van der Waals surface area (Å²) in [7, 11) is 0. The third-order valence-corrected chi connectivity index (χ3v) is 3.54. The van der Waals surface area contributed by atoms with E-state index in [9.17, 15) is 0 Å². The van der Waals surface area contributed by atoms with Gasteiger partial charge in [-0.2, -0.15) is 0 Å². The molecule has 0 aromatic heterocycles. The zero-order valence-electron chi connectivity index (χ0n) is 10.0. The summed E-state index contributed by atoms with van der Waals surface area (Å²) in [5, 5.41) is 1.14. The van der Waals surface area contributed by atoms with Gasteiger partial charge < -0.3 is 4.74 Å². The van der Waals surface area contributed by atoms with Crippen LogP contribution in [0.3, 0.4) is 0 Å². The maximum atomic E-state index is 6.13. The minimum atomic E-state index is 0.00548. The summed E-state index contributed by atoms with van der Waals surface area (Å²) in [4.78, 5) is 0. The SMILES string of the molecule is CCOC(C)C(Cc1cccc(Cl)c1Cl)NN. The summed E-state index contributed by atoms with van der Waals surface area (Å²) in [6.07, 6.45) is 0.692. The van der Waals surface area contributed by atoms with Crippen LogP contribution in [0, 0.1) is 0 Å². The zero-order chi connectivity index (χ0) is 12.8. The predicted molar refractivity (Wildman–Crippen MR) is 72.4 cm³/mol. The molecule has 0 aliphatic carbocycles. The predicted octanol–water partition coefficient (Wildman–Crippen LogP) is 2.79. The molecule has 3 nitrogen and oxygen atoms in total.